The molecule has 0 radical (unpaired) electrons. The molecule has 4 aromatic rings. The molecule has 0 aliphatic rings. The Labute approximate surface area is 188 Å². The molecule has 3 aromatic carbocycles. The summed E-state index contributed by atoms with van der Waals surface area (Å²) in [7, 11) is 3.03. The Hall–Kier alpha value is -3.65. The number of rotatable bonds is 6. The minimum absolute atomic E-state index is 0.0436. The molecular weight excluding hydrogens is 428 g/mol. The molecule has 1 amide bonds. The van der Waals surface area contributed by atoms with E-state index >= 15 is 0 Å². The van der Waals surface area contributed by atoms with Crippen LogP contribution in [0.4, 0.5) is 0 Å². The molecular formula is C24H22N2O5S. The zero-order valence-electron chi connectivity index (χ0n) is 18.0. The summed E-state index contributed by atoms with van der Waals surface area (Å²) in [6, 6.07) is 16.8. The Kier molecular flexibility index (Phi) is 6.23. The lowest BCUT2D eigenvalue weighted by molar-refractivity contribution is -0.143. The van der Waals surface area contributed by atoms with Crippen molar-refractivity contribution in [1.29, 1.82) is 0 Å². The first-order chi connectivity index (χ1) is 15.5. The molecule has 8 heteroatoms. The second-order valence-electron chi connectivity index (χ2n) is 6.89. The average Bonchev–Trinajstić information content (AvgIpc) is 3.15. The fourth-order valence-corrected chi connectivity index (χ4v) is 4.66. The molecule has 32 heavy (non-hydrogen) atoms. The van der Waals surface area contributed by atoms with Gasteiger partial charge < -0.3 is 18.8 Å². The van der Waals surface area contributed by atoms with Crippen LogP contribution < -0.4 is 14.3 Å². The third-order valence-electron chi connectivity index (χ3n) is 5.00. The topological polar surface area (TPSA) is 79.1 Å². The summed E-state index contributed by atoms with van der Waals surface area (Å²) in [6.07, 6.45) is 0. The Bertz CT molecular complexity index is 1390. The monoisotopic (exact) mass is 450 g/mol. The molecule has 164 valence electrons. The normalized spacial score (nSPS) is 11.7. The standard InChI is InChI=1S/C24H22N2O5S/c1-4-31-21(27)14-26-19-12-9-15-7-5-6-8-17(15)22(19)32-24(26)25-23(28)18-11-10-16(29-2)13-20(18)30-3/h5-13H,4,14H2,1-3H3. The molecule has 0 fully saturated rings. The second kappa shape index (κ2) is 9.23. The molecule has 0 aliphatic heterocycles. The van der Waals surface area contributed by atoms with Gasteiger partial charge >= 0.3 is 5.97 Å². The van der Waals surface area contributed by atoms with Crippen LogP contribution in [0.2, 0.25) is 0 Å². The largest absolute Gasteiger partial charge is 0.497 e. The van der Waals surface area contributed by atoms with Gasteiger partial charge in [0.2, 0.25) is 0 Å². The Morgan fingerprint density at radius 1 is 1.03 bits per heavy atom. The van der Waals surface area contributed by atoms with Crippen LogP contribution in [-0.4, -0.2) is 37.3 Å². The zero-order chi connectivity index (χ0) is 22.7. The fourth-order valence-electron chi connectivity index (χ4n) is 3.49. The third kappa shape index (κ3) is 4.09. The number of methoxy groups -OCH3 is 2. The van der Waals surface area contributed by atoms with Crippen LogP contribution in [0.3, 0.4) is 0 Å². The number of nitrogens with zero attached hydrogens (tertiary/aromatic N) is 2. The summed E-state index contributed by atoms with van der Waals surface area (Å²) >= 11 is 1.36. The number of esters is 1. The van der Waals surface area contributed by atoms with Crippen LogP contribution >= 0.6 is 11.3 Å². The van der Waals surface area contributed by atoms with Crippen LogP contribution in [0.5, 0.6) is 11.5 Å². The minimum atomic E-state index is -0.474. The maximum atomic E-state index is 13.1. The second-order valence-corrected chi connectivity index (χ2v) is 7.87. The van der Waals surface area contributed by atoms with Crippen LogP contribution in [-0.2, 0) is 16.1 Å². The van der Waals surface area contributed by atoms with E-state index in [0.29, 0.717) is 21.9 Å². The molecule has 0 aliphatic carbocycles. The molecule has 0 saturated heterocycles. The molecule has 0 N–H and O–H groups in total. The smallest absolute Gasteiger partial charge is 0.326 e. The number of thiazole rings is 1. The van der Waals surface area contributed by atoms with E-state index in [2.05, 4.69) is 4.99 Å². The van der Waals surface area contributed by atoms with Gasteiger partial charge in [0.25, 0.3) is 5.91 Å². The van der Waals surface area contributed by atoms with Crippen molar-refractivity contribution in [2.45, 2.75) is 13.5 Å². The van der Waals surface area contributed by atoms with E-state index in [1.165, 1.54) is 18.4 Å². The van der Waals surface area contributed by atoms with Gasteiger partial charge in [0.15, 0.2) is 4.80 Å². The number of carbonyl (C=O) groups excluding carboxylic acids is 2. The third-order valence-corrected chi connectivity index (χ3v) is 6.13. The quantitative estimate of drug-likeness (QED) is 0.412. The molecule has 1 aromatic heterocycles. The molecule has 7 nitrogen and oxygen atoms in total. The van der Waals surface area contributed by atoms with E-state index in [1.807, 2.05) is 36.4 Å². The van der Waals surface area contributed by atoms with Gasteiger partial charge in [-0.25, -0.2) is 0 Å². The van der Waals surface area contributed by atoms with Gasteiger partial charge in [0, 0.05) is 11.5 Å². The van der Waals surface area contributed by atoms with E-state index < -0.39 is 11.9 Å². The predicted octanol–water partition coefficient (Wildman–Crippen LogP) is 4.18. The van der Waals surface area contributed by atoms with Crippen molar-refractivity contribution in [2.24, 2.45) is 4.99 Å². The summed E-state index contributed by atoms with van der Waals surface area (Å²) < 4.78 is 18.4. The Balaban J connectivity index is 1.90. The van der Waals surface area contributed by atoms with Crippen LogP contribution in [0.15, 0.2) is 59.6 Å². The summed E-state index contributed by atoms with van der Waals surface area (Å²) in [5, 5.41) is 2.10. The summed E-state index contributed by atoms with van der Waals surface area (Å²) in [5.74, 6) is 0.0694. The van der Waals surface area contributed by atoms with Gasteiger partial charge in [-0.1, -0.05) is 41.7 Å². The van der Waals surface area contributed by atoms with Crippen molar-refractivity contribution in [3.63, 3.8) is 0 Å². The van der Waals surface area contributed by atoms with E-state index in [0.717, 1.165) is 21.0 Å². The first-order valence-corrected chi connectivity index (χ1v) is 10.8. The molecule has 0 atom stereocenters. The van der Waals surface area contributed by atoms with Crippen molar-refractivity contribution < 1.29 is 23.8 Å². The number of hydrogen-bond donors (Lipinski definition) is 0. The van der Waals surface area contributed by atoms with Crippen molar-refractivity contribution in [3.05, 3.63) is 65.0 Å². The zero-order valence-corrected chi connectivity index (χ0v) is 18.8. The van der Waals surface area contributed by atoms with E-state index in [9.17, 15) is 9.59 Å². The average molecular weight is 451 g/mol. The van der Waals surface area contributed by atoms with Crippen molar-refractivity contribution >= 4 is 44.2 Å². The molecule has 0 spiro atoms. The van der Waals surface area contributed by atoms with E-state index in [4.69, 9.17) is 14.2 Å². The number of carbonyl (C=O) groups is 2. The molecule has 1 heterocycles. The lowest BCUT2D eigenvalue weighted by Gasteiger charge is -2.08. The first kappa shape index (κ1) is 21.6. The molecule has 0 bridgehead atoms. The van der Waals surface area contributed by atoms with Gasteiger partial charge in [-0.15, -0.1) is 0 Å². The highest BCUT2D eigenvalue weighted by atomic mass is 32.1. The first-order valence-electron chi connectivity index (χ1n) is 10.0. The maximum absolute atomic E-state index is 13.1. The SMILES string of the molecule is CCOC(=O)Cn1c(=NC(=O)c2ccc(OC)cc2OC)sc2c3ccccc3ccc21. The number of aromatic nitrogens is 1. The number of benzene rings is 3. The minimum Gasteiger partial charge on any atom is -0.497 e. The summed E-state index contributed by atoms with van der Waals surface area (Å²) in [5.41, 5.74) is 1.12. The number of ether oxygens (including phenoxy) is 3. The lowest BCUT2D eigenvalue weighted by Crippen LogP contribution is -2.23. The summed E-state index contributed by atoms with van der Waals surface area (Å²) in [6.45, 7) is 1.99. The van der Waals surface area contributed by atoms with Gasteiger partial charge in [0.05, 0.1) is 36.6 Å². The Morgan fingerprint density at radius 2 is 1.84 bits per heavy atom. The summed E-state index contributed by atoms with van der Waals surface area (Å²) in [4.78, 5) is 30.2. The number of fused-ring (bicyclic) bond motifs is 3. The van der Waals surface area contributed by atoms with Gasteiger partial charge in [-0.05, 0) is 30.5 Å². The van der Waals surface area contributed by atoms with Crippen molar-refractivity contribution in [1.82, 2.24) is 4.57 Å². The lowest BCUT2D eigenvalue weighted by atomic mass is 10.1. The Morgan fingerprint density at radius 3 is 2.59 bits per heavy atom. The van der Waals surface area contributed by atoms with Crippen LogP contribution in [0.1, 0.15) is 17.3 Å². The van der Waals surface area contributed by atoms with Crippen molar-refractivity contribution in [3.8, 4) is 11.5 Å². The number of hydrogen-bond acceptors (Lipinski definition) is 6. The van der Waals surface area contributed by atoms with Crippen molar-refractivity contribution in [2.75, 3.05) is 20.8 Å². The van der Waals surface area contributed by atoms with Crippen LogP contribution in [0.25, 0.3) is 21.0 Å². The maximum Gasteiger partial charge on any atom is 0.326 e. The van der Waals surface area contributed by atoms with Gasteiger partial charge in [-0.2, -0.15) is 4.99 Å². The van der Waals surface area contributed by atoms with Gasteiger partial charge in [0.1, 0.15) is 18.0 Å². The van der Waals surface area contributed by atoms with Crippen LogP contribution in [0, 0.1) is 0 Å². The molecule has 0 saturated carbocycles. The molecule has 0 unspecified atom stereocenters. The highest BCUT2D eigenvalue weighted by Crippen LogP contribution is 2.28. The highest BCUT2D eigenvalue weighted by molar-refractivity contribution is 7.17. The fraction of sp³-hybridized carbons (Fsp3) is 0.208. The highest BCUT2D eigenvalue weighted by Gasteiger charge is 2.17. The number of amides is 1. The van der Waals surface area contributed by atoms with E-state index in [-0.39, 0.29) is 13.2 Å². The van der Waals surface area contributed by atoms with E-state index in [1.54, 1.807) is 36.8 Å². The molecule has 4 rings (SSSR count). The predicted molar refractivity (Wildman–Crippen MR) is 123 cm³/mol. The van der Waals surface area contributed by atoms with Gasteiger partial charge in [-0.3, -0.25) is 9.59 Å².